The first kappa shape index (κ1) is 18.7. The van der Waals surface area contributed by atoms with Crippen molar-refractivity contribution in [1.82, 2.24) is 14.3 Å². The summed E-state index contributed by atoms with van der Waals surface area (Å²) in [7, 11) is -3.84. The van der Waals surface area contributed by atoms with E-state index in [0.29, 0.717) is 17.7 Å². The number of aromatic nitrogens is 2. The van der Waals surface area contributed by atoms with E-state index in [-0.39, 0.29) is 11.4 Å². The molecule has 0 aliphatic heterocycles. The van der Waals surface area contributed by atoms with Crippen molar-refractivity contribution in [3.8, 4) is 11.3 Å². The van der Waals surface area contributed by atoms with Crippen molar-refractivity contribution in [1.29, 1.82) is 0 Å². The highest BCUT2D eigenvalue weighted by Gasteiger charge is 2.22. The number of aryl methyl sites for hydroxylation is 1. The van der Waals surface area contributed by atoms with Crippen LogP contribution < -0.4 is 5.32 Å². The van der Waals surface area contributed by atoms with Gasteiger partial charge in [0.1, 0.15) is 4.90 Å². The number of carbonyl (C=O) groups is 1. The topological polar surface area (TPSA) is 101 Å². The molecule has 27 heavy (non-hydrogen) atoms. The van der Waals surface area contributed by atoms with Crippen LogP contribution in [0.3, 0.4) is 0 Å². The lowest BCUT2D eigenvalue weighted by molar-refractivity contribution is 0.194. The number of pyridine rings is 1. The maximum Gasteiger partial charge on any atom is 0.404 e. The van der Waals surface area contributed by atoms with Gasteiger partial charge in [-0.1, -0.05) is 30.3 Å². The van der Waals surface area contributed by atoms with E-state index >= 15 is 0 Å². The van der Waals surface area contributed by atoms with Gasteiger partial charge in [-0.05, 0) is 42.7 Å². The van der Waals surface area contributed by atoms with Crippen LogP contribution in [0.15, 0.2) is 65.8 Å². The quantitative estimate of drug-likeness (QED) is 0.679. The molecule has 140 valence electrons. The molecule has 0 aliphatic carbocycles. The summed E-state index contributed by atoms with van der Waals surface area (Å²) >= 11 is 0. The Kier molecular flexibility index (Phi) is 5.27. The average molecular weight is 385 g/mol. The van der Waals surface area contributed by atoms with E-state index < -0.39 is 16.1 Å². The van der Waals surface area contributed by atoms with Gasteiger partial charge >= 0.3 is 6.09 Å². The number of carboxylic acid groups (broad SMARTS) is 1. The molecule has 3 aromatic rings. The highest BCUT2D eigenvalue weighted by Crippen LogP contribution is 2.27. The fourth-order valence-electron chi connectivity index (χ4n) is 2.69. The fraction of sp³-hybridized carbons (Fsp3) is 0.158. The smallest absolute Gasteiger partial charge is 0.404 e. The van der Waals surface area contributed by atoms with E-state index in [1.54, 1.807) is 19.1 Å². The van der Waals surface area contributed by atoms with E-state index in [0.717, 1.165) is 11.3 Å². The summed E-state index contributed by atoms with van der Waals surface area (Å²) in [6.45, 7) is 1.98. The minimum Gasteiger partial charge on any atom is -0.465 e. The van der Waals surface area contributed by atoms with Crippen molar-refractivity contribution in [2.24, 2.45) is 0 Å². The second-order valence-electron chi connectivity index (χ2n) is 6.02. The Labute approximate surface area is 157 Å². The highest BCUT2D eigenvalue weighted by molar-refractivity contribution is 7.90. The van der Waals surface area contributed by atoms with Gasteiger partial charge in [0.15, 0.2) is 0 Å². The standard InChI is InChI=1S/C19H19N3O4S/c1-14-7-8-17(12-21-14)27(25,26)22-13-15(9-10-20-19(23)24)11-18(22)16-5-3-2-4-6-16/h2-8,11-13,20H,9-10H2,1H3,(H,23,24). The first-order valence-corrected chi connectivity index (χ1v) is 9.73. The Hall–Kier alpha value is -3.13. The van der Waals surface area contributed by atoms with Crippen molar-refractivity contribution in [2.75, 3.05) is 6.54 Å². The predicted molar refractivity (Wildman–Crippen MR) is 101 cm³/mol. The number of benzene rings is 1. The fourth-order valence-corrected chi connectivity index (χ4v) is 4.03. The maximum absolute atomic E-state index is 13.1. The molecule has 0 aliphatic rings. The zero-order valence-electron chi connectivity index (χ0n) is 14.7. The van der Waals surface area contributed by atoms with Gasteiger partial charge in [-0.3, -0.25) is 4.98 Å². The number of nitrogens with one attached hydrogen (secondary N) is 1. The molecule has 3 rings (SSSR count). The normalized spacial score (nSPS) is 11.3. The Morgan fingerprint density at radius 1 is 1.19 bits per heavy atom. The Bertz CT molecular complexity index is 1040. The molecule has 1 amide bonds. The van der Waals surface area contributed by atoms with Gasteiger partial charge in [0, 0.05) is 24.6 Å². The molecule has 0 saturated carbocycles. The van der Waals surface area contributed by atoms with Crippen molar-refractivity contribution < 1.29 is 18.3 Å². The van der Waals surface area contributed by atoms with E-state index in [4.69, 9.17) is 5.11 Å². The molecule has 0 bridgehead atoms. The van der Waals surface area contributed by atoms with Crippen LogP contribution in [0, 0.1) is 6.92 Å². The molecule has 1 aromatic carbocycles. The van der Waals surface area contributed by atoms with Gasteiger partial charge in [0.2, 0.25) is 0 Å². The van der Waals surface area contributed by atoms with Crippen molar-refractivity contribution >= 4 is 16.1 Å². The largest absolute Gasteiger partial charge is 0.465 e. The Morgan fingerprint density at radius 3 is 2.56 bits per heavy atom. The lowest BCUT2D eigenvalue weighted by Gasteiger charge is -2.10. The third kappa shape index (κ3) is 4.17. The van der Waals surface area contributed by atoms with Gasteiger partial charge in [-0.15, -0.1) is 0 Å². The zero-order valence-corrected chi connectivity index (χ0v) is 15.5. The number of hydrogen-bond acceptors (Lipinski definition) is 4. The second kappa shape index (κ2) is 7.63. The van der Waals surface area contributed by atoms with Gasteiger partial charge < -0.3 is 10.4 Å². The number of hydrogen-bond donors (Lipinski definition) is 2. The van der Waals surface area contributed by atoms with Crippen molar-refractivity contribution in [3.05, 3.63) is 72.2 Å². The minimum atomic E-state index is -3.84. The van der Waals surface area contributed by atoms with Crippen LogP contribution in [0.2, 0.25) is 0 Å². The summed E-state index contributed by atoms with van der Waals surface area (Å²) in [6, 6.07) is 14.1. The van der Waals surface area contributed by atoms with Gasteiger partial charge in [0.05, 0.1) is 5.69 Å². The molecular formula is C19H19N3O4S. The molecular weight excluding hydrogens is 366 g/mol. The molecule has 7 nitrogen and oxygen atoms in total. The predicted octanol–water partition coefficient (Wildman–Crippen LogP) is 2.91. The molecule has 0 saturated heterocycles. The molecule has 2 N–H and O–H groups in total. The first-order valence-electron chi connectivity index (χ1n) is 8.29. The van der Waals surface area contributed by atoms with E-state index in [9.17, 15) is 13.2 Å². The molecule has 0 radical (unpaired) electrons. The van der Waals surface area contributed by atoms with Gasteiger partial charge in [-0.2, -0.15) is 0 Å². The number of nitrogens with zero attached hydrogens (tertiary/aromatic N) is 2. The third-order valence-electron chi connectivity index (χ3n) is 4.04. The Balaban J connectivity index is 2.05. The molecule has 0 spiro atoms. The third-order valence-corrected chi connectivity index (χ3v) is 5.70. The molecule has 0 fully saturated rings. The molecule has 0 atom stereocenters. The average Bonchev–Trinajstić information content (AvgIpc) is 3.08. The number of rotatable bonds is 6. The molecule has 0 unspecified atom stereocenters. The van der Waals surface area contributed by atoms with Crippen molar-refractivity contribution in [2.45, 2.75) is 18.2 Å². The minimum absolute atomic E-state index is 0.0936. The maximum atomic E-state index is 13.1. The van der Waals surface area contributed by atoms with Crippen LogP contribution in [0.25, 0.3) is 11.3 Å². The van der Waals surface area contributed by atoms with Gasteiger partial charge in [0.25, 0.3) is 10.0 Å². The van der Waals surface area contributed by atoms with E-state index in [1.807, 2.05) is 30.3 Å². The summed E-state index contributed by atoms with van der Waals surface area (Å²) in [5.74, 6) is 0. The Morgan fingerprint density at radius 2 is 1.93 bits per heavy atom. The molecule has 2 heterocycles. The van der Waals surface area contributed by atoms with E-state index in [2.05, 4.69) is 10.3 Å². The van der Waals surface area contributed by atoms with Crippen LogP contribution in [0.5, 0.6) is 0 Å². The van der Waals surface area contributed by atoms with Crippen LogP contribution >= 0.6 is 0 Å². The highest BCUT2D eigenvalue weighted by atomic mass is 32.2. The van der Waals surface area contributed by atoms with Crippen LogP contribution in [-0.4, -0.2) is 35.1 Å². The summed E-state index contributed by atoms with van der Waals surface area (Å²) in [5, 5.41) is 11.0. The lowest BCUT2D eigenvalue weighted by atomic mass is 10.1. The summed E-state index contributed by atoms with van der Waals surface area (Å²) in [5.41, 5.74) is 2.71. The van der Waals surface area contributed by atoms with Crippen LogP contribution in [0.1, 0.15) is 11.3 Å². The van der Waals surface area contributed by atoms with Gasteiger partial charge in [-0.25, -0.2) is 17.2 Å². The molecule has 2 aromatic heterocycles. The first-order chi connectivity index (χ1) is 12.9. The summed E-state index contributed by atoms with van der Waals surface area (Å²) in [6.07, 6.45) is 2.13. The lowest BCUT2D eigenvalue weighted by Crippen LogP contribution is -2.23. The van der Waals surface area contributed by atoms with Crippen LogP contribution in [-0.2, 0) is 16.4 Å². The zero-order chi connectivity index (χ0) is 19.4. The second-order valence-corrected chi connectivity index (χ2v) is 7.83. The SMILES string of the molecule is Cc1ccc(S(=O)(=O)n2cc(CCNC(=O)O)cc2-c2ccccc2)cn1. The summed E-state index contributed by atoms with van der Waals surface area (Å²) in [4.78, 5) is 14.8. The van der Waals surface area contributed by atoms with Crippen molar-refractivity contribution in [3.63, 3.8) is 0 Å². The molecule has 8 heteroatoms. The van der Waals surface area contributed by atoms with Crippen LogP contribution in [0.4, 0.5) is 4.79 Å². The van der Waals surface area contributed by atoms with E-state index in [1.165, 1.54) is 22.4 Å². The monoisotopic (exact) mass is 385 g/mol. The summed E-state index contributed by atoms with van der Waals surface area (Å²) < 4.78 is 27.5. The number of amides is 1.